The van der Waals surface area contributed by atoms with E-state index in [0.29, 0.717) is 23.0 Å². The molecule has 0 unspecified atom stereocenters. The molecular weight excluding hydrogens is 462 g/mol. The summed E-state index contributed by atoms with van der Waals surface area (Å²) in [6.45, 7) is 1.26. The molecule has 1 aliphatic heterocycles. The predicted octanol–water partition coefficient (Wildman–Crippen LogP) is 4.46. The molecule has 1 aromatic heterocycles. The van der Waals surface area contributed by atoms with Gasteiger partial charge in [0, 0.05) is 18.2 Å². The third-order valence-corrected chi connectivity index (χ3v) is 5.49. The second-order valence-electron chi connectivity index (χ2n) is 8.02. The number of nitrogens with zero attached hydrogens (tertiary/aromatic N) is 2. The number of oxazole rings is 1. The van der Waals surface area contributed by atoms with E-state index in [-0.39, 0.29) is 29.2 Å². The fourth-order valence-corrected chi connectivity index (χ4v) is 3.81. The molecule has 0 radical (unpaired) electrons. The van der Waals surface area contributed by atoms with Crippen LogP contribution in [0.25, 0.3) is 11.5 Å². The van der Waals surface area contributed by atoms with Crippen molar-refractivity contribution < 1.29 is 28.3 Å². The Kier molecular flexibility index (Phi) is 5.87. The van der Waals surface area contributed by atoms with Crippen molar-refractivity contribution in [2.24, 2.45) is 0 Å². The molecule has 0 bridgehead atoms. The van der Waals surface area contributed by atoms with E-state index in [0.717, 1.165) is 10.5 Å². The SMILES string of the molecule is CC(=O)Nc1ccc(N2C(=O)c3ccc(C(=O)OCc4coc(-c5ccccc5)n4)cc3C2=O)cc1. The Hall–Kier alpha value is -5.05. The number of ether oxygens (including phenoxy) is 1. The summed E-state index contributed by atoms with van der Waals surface area (Å²) >= 11 is 0. The van der Waals surface area contributed by atoms with Crippen molar-refractivity contribution in [2.45, 2.75) is 13.5 Å². The summed E-state index contributed by atoms with van der Waals surface area (Å²) in [5.74, 6) is -1.55. The molecule has 1 aliphatic rings. The van der Waals surface area contributed by atoms with Crippen LogP contribution in [-0.2, 0) is 16.1 Å². The van der Waals surface area contributed by atoms with Crippen LogP contribution < -0.4 is 10.2 Å². The number of carbonyl (C=O) groups excluding carboxylic acids is 4. The molecule has 0 spiro atoms. The molecule has 0 fully saturated rings. The van der Waals surface area contributed by atoms with Crippen LogP contribution in [0.1, 0.15) is 43.7 Å². The summed E-state index contributed by atoms with van der Waals surface area (Å²) in [6.07, 6.45) is 1.41. The minimum absolute atomic E-state index is 0.105. The molecule has 4 aromatic rings. The first-order valence-electron chi connectivity index (χ1n) is 11.0. The van der Waals surface area contributed by atoms with Crippen LogP contribution in [0.15, 0.2) is 83.5 Å². The van der Waals surface area contributed by atoms with Crippen LogP contribution in [-0.4, -0.2) is 28.7 Å². The highest BCUT2D eigenvalue weighted by Crippen LogP contribution is 2.30. The number of fused-ring (bicyclic) bond motifs is 1. The van der Waals surface area contributed by atoms with Gasteiger partial charge in [-0.15, -0.1) is 0 Å². The Balaban J connectivity index is 1.29. The lowest BCUT2D eigenvalue weighted by atomic mass is 10.1. The highest BCUT2D eigenvalue weighted by atomic mass is 16.5. The van der Waals surface area contributed by atoms with Crippen LogP contribution in [0.2, 0.25) is 0 Å². The molecule has 5 rings (SSSR count). The van der Waals surface area contributed by atoms with Gasteiger partial charge in [-0.05, 0) is 54.6 Å². The largest absolute Gasteiger partial charge is 0.455 e. The number of esters is 1. The molecule has 3 aromatic carbocycles. The lowest BCUT2D eigenvalue weighted by molar-refractivity contribution is -0.114. The Morgan fingerprint density at radius 3 is 2.39 bits per heavy atom. The monoisotopic (exact) mass is 481 g/mol. The van der Waals surface area contributed by atoms with Crippen LogP contribution in [0.4, 0.5) is 11.4 Å². The van der Waals surface area contributed by atoms with Gasteiger partial charge in [0.25, 0.3) is 11.8 Å². The van der Waals surface area contributed by atoms with E-state index >= 15 is 0 Å². The van der Waals surface area contributed by atoms with Gasteiger partial charge in [-0.3, -0.25) is 14.4 Å². The van der Waals surface area contributed by atoms with Gasteiger partial charge in [-0.25, -0.2) is 14.7 Å². The minimum Gasteiger partial charge on any atom is -0.455 e. The van der Waals surface area contributed by atoms with Crippen molar-refractivity contribution in [1.29, 1.82) is 0 Å². The van der Waals surface area contributed by atoms with Crippen molar-refractivity contribution in [2.75, 3.05) is 10.2 Å². The van der Waals surface area contributed by atoms with Crippen LogP contribution >= 0.6 is 0 Å². The van der Waals surface area contributed by atoms with Crippen molar-refractivity contribution in [3.63, 3.8) is 0 Å². The van der Waals surface area contributed by atoms with Gasteiger partial charge in [0.2, 0.25) is 11.8 Å². The van der Waals surface area contributed by atoms with Crippen molar-refractivity contribution in [3.8, 4) is 11.5 Å². The second kappa shape index (κ2) is 9.30. The number of nitrogens with one attached hydrogen (secondary N) is 1. The number of anilines is 2. The van der Waals surface area contributed by atoms with Gasteiger partial charge >= 0.3 is 5.97 Å². The Morgan fingerprint density at radius 2 is 1.67 bits per heavy atom. The summed E-state index contributed by atoms with van der Waals surface area (Å²) < 4.78 is 10.8. The summed E-state index contributed by atoms with van der Waals surface area (Å²) in [5, 5.41) is 2.63. The Morgan fingerprint density at radius 1 is 0.944 bits per heavy atom. The third kappa shape index (κ3) is 4.37. The maximum Gasteiger partial charge on any atom is 0.338 e. The molecule has 0 atom stereocenters. The van der Waals surface area contributed by atoms with E-state index in [1.165, 1.54) is 31.4 Å². The molecule has 9 heteroatoms. The van der Waals surface area contributed by atoms with E-state index in [1.54, 1.807) is 24.3 Å². The number of rotatable bonds is 6. The van der Waals surface area contributed by atoms with Gasteiger partial charge in [-0.1, -0.05) is 18.2 Å². The molecule has 3 amide bonds. The van der Waals surface area contributed by atoms with E-state index in [9.17, 15) is 19.2 Å². The summed E-state index contributed by atoms with van der Waals surface area (Å²) in [4.78, 5) is 55.1. The van der Waals surface area contributed by atoms with Gasteiger partial charge in [0.15, 0.2) is 0 Å². The predicted molar refractivity (Wildman–Crippen MR) is 129 cm³/mol. The van der Waals surface area contributed by atoms with Gasteiger partial charge in [0.05, 0.1) is 22.4 Å². The maximum absolute atomic E-state index is 13.0. The lowest BCUT2D eigenvalue weighted by Crippen LogP contribution is -2.29. The number of amides is 3. The number of carbonyl (C=O) groups is 4. The zero-order chi connectivity index (χ0) is 25.2. The minimum atomic E-state index is -0.666. The standard InChI is InChI=1S/C27H19N3O6/c1-16(31)28-19-8-10-21(11-9-19)30-25(32)22-12-7-18(13-23(22)26(30)33)27(34)36-15-20-14-35-24(29-20)17-5-3-2-4-6-17/h2-14H,15H2,1H3,(H,28,31). The topological polar surface area (TPSA) is 119 Å². The van der Waals surface area contributed by atoms with Gasteiger partial charge in [0.1, 0.15) is 18.6 Å². The number of imide groups is 1. The molecule has 178 valence electrons. The molecular formula is C27H19N3O6. The summed E-state index contributed by atoms with van der Waals surface area (Å²) in [5.41, 5.74) is 2.54. The number of hydrogen-bond acceptors (Lipinski definition) is 7. The average Bonchev–Trinajstić information content (AvgIpc) is 3.46. The quantitative estimate of drug-likeness (QED) is 0.319. The smallest absolute Gasteiger partial charge is 0.338 e. The lowest BCUT2D eigenvalue weighted by Gasteiger charge is -2.14. The maximum atomic E-state index is 13.0. The fraction of sp³-hybridized carbons (Fsp3) is 0.0741. The first-order chi connectivity index (χ1) is 17.4. The molecule has 9 nitrogen and oxygen atoms in total. The second-order valence-corrected chi connectivity index (χ2v) is 8.02. The molecule has 0 aliphatic carbocycles. The third-order valence-electron chi connectivity index (χ3n) is 5.49. The average molecular weight is 481 g/mol. The first kappa shape index (κ1) is 22.7. The molecule has 2 heterocycles. The molecule has 36 heavy (non-hydrogen) atoms. The number of benzene rings is 3. The highest BCUT2D eigenvalue weighted by Gasteiger charge is 2.37. The molecule has 0 saturated heterocycles. The zero-order valence-corrected chi connectivity index (χ0v) is 19.1. The van der Waals surface area contributed by atoms with Crippen LogP contribution in [0, 0.1) is 0 Å². The van der Waals surface area contributed by atoms with Gasteiger partial charge < -0.3 is 14.5 Å². The number of aromatic nitrogens is 1. The zero-order valence-electron chi connectivity index (χ0n) is 19.1. The van der Waals surface area contributed by atoms with Crippen molar-refractivity contribution >= 4 is 35.1 Å². The fourth-order valence-electron chi connectivity index (χ4n) is 3.81. The van der Waals surface area contributed by atoms with E-state index in [4.69, 9.17) is 9.15 Å². The number of hydrogen-bond donors (Lipinski definition) is 1. The highest BCUT2D eigenvalue weighted by molar-refractivity contribution is 6.34. The summed E-state index contributed by atoms with van der Waals surface area (Å²) in [6, 6.07) is 19.8. The Bertz CT molecular complexity index is 1490. The van der Waals surface area contributed by atoms with Crippen molar-refractivity contribution in [1.82, 2.24) is 4.98 Å². The van der Waals surface area contributed by atoms with E-state index < -0.39 is 17.8 Å². The van der Waals surface area contributed by atoms with Crippen LogP contribution in [0.3, 0.4) is 0 Å². The molecule has 0 saturated carbocycles. The van der Waals surface area contributed by atoms with E-state index in [1.807, 2.05) is 30.3 Å². The van der Waals surface area contributed by atoms with Gasteiger partial charge in [-0.2, -0.15) is 0 Å². The van der Waals surface area contributed by atoms with E-state index in [2.05, 4.69) is 10.3 Å². The normalized spacial score (nSPS) is 12.4. The van der Waals surface area contributed by atoms with Crippen LogP contribution in [0.5, 0.6) is 0 Å². The first-order valence-corrected chi connectivity index (χ1v) is 11.0. The van der Waals surface area contributed by atoms with Crippen molar-refractivity contribution in [3.05, 3.63) is 101 Å². The molecule has 1 N–H and O–H groups in total. The Labute approximate surface area is 205 Å². The summed E-state index contributed by atoms with van der Waals surface area (Å²) in [7, 11) is 0.